The number of carbonyl (C=O) groups is 1. The molecule has 0 aromatic rings. The van der Waals surface area contributed by atoms with E-state index in [1.54, 1.807) is 0 Å². The van der Waals surface area contributed by atoms with Crippen LogP contribution >= 0.6 is 0 Å². The molecule has 1 aliphatic heterocycles. The van der Waals surface area contributed by atoms with Gasteiger partial charge in [-0.25, -0.2) is 0 Å². The molecule has 0 bridgehead atoms. The Hall–Kier alpha value is -0.650. The first kappa shape index (κ1) is 11.4. The fraction of sp³-hybridized carbons (Fsp3) is 0.889. The minimum absolute atomic E-state index is 0.209. The third-order valence-corrected chi connectivity index (χ3v) is 2.44. The van der Waals surface area contributed by atoms with E-state index in [4.69, 9.17) is 5.11 Å². The Balaban J connectivity index is 2.20. The molecule has 1 heterocycles. The number of likely N-dealkylation sites (tertiary alicyclic amines) is 1. The van der Waals surface area contributed by atoms with Crippen LogP contribution in [-0.2, 0) is 4.79 Å². The average Bonchev–Trinajstić information content (AvgIpc) is 2.07. The molecule has 0 spiro atoms. The summed E-state index contributed by atoms with van der Waals surface area (Å²) in [5, 5.41) is 27.0. The lowest BCUT2D eigenvalue weighted by molar-refractivity contribution is -0.139. The van der Waals surface area contributed by atoms with E-state index in [1.165, 1.54) is 0 Å². The Morgan fingerprint density at radius 3 is 2.50 bits per heavy atom. The van der Waals surface area contributed by atoms with Crippen LogP contribution in [0.5, 0.6) is 0 Å². The molecule has 5 nitrogen and oxygen atoms in total. The zero-order chi connectivity index (χ0) is 10.6. The molecule has 0 amide bonds. The normalized spacial score (nSPS) is 22.1. The number of carboxylic acids is 1. The maximum atomic E-state index is 10.3. The van der Waals surface area contributed by atoms with Gasteiger partial charge in [-0.2, -0.15) is 0 Å². The topological polar surface area (TPSA) is 81.0 Å². The Morgan fingerprint density at radius 1 is 1.43 bits per heavy atom. The second-order valence-electron chi connectivity index (χ2n) is 3.78. The largest absolute Gasteiger partial charge is 0.481 e. The zero-order valence-corrected chi connectivity index (χ0v) is 8.09. The predicted molar refractivity (Wildman–Crippen MR) is 49.9 cm³/mol. The Morgan fingerprint density at radius 2 is 2.00 bits per heavy atom. The van der Waals surface area contributed by atoms with E-state index in [9.17, 15) is 15.0 Å². The van der Waals surface area contributed by atoms with Crippen LogP contribution in [0, 0.1) is 0 Å². The maximum absolute atomic E-state index is 10.3. The molecule has 1 unspecified atom stereocenters. The van der Waals surface area contributed by atoms with Crippen molar-refractivity contribution in [3.63, 3.8) is 0 Å². The van der Waals surface area contributed by atoms with Crippen LogP contribution in [0.2, 0.25) is 0 Å². The van der Waals surface area contributed by atoms with Crippen LogP contribution in [-0.4, -0.2) is 58.0 Å². The SMILES string of the molecule is O=C(O)CC(O)CN1CCC(O)CC1. The number of aliphatic hydroxyl groups excluding tert-OH is 2. The summed E-state index contributed by atoms with van der Waals surface area (Å²) in [6.45, 7) is 1.86. The van der Waals surface area contributed by atoms with Gasteiger partial charge in [-0.15, -0.1) is 0 Å². The summed E-state index contributed by atoms with van der Waals surface area (Å²) in [5.41, 5.74) is 0. The standard InChI is InChI=1S/C9H17NO4/c11-7-1-3-10(4-2-7)6-8(12)5-9(13)14/h7-8,11-12H,1-6H2,(H,13,14). The number of β-amino-alcohol motifs (C(OH)–C–C–N with tert-alkyl or cyclic N) is 1. The number of aliphatic carboxylic acids is 1. The van der Waals surface area contributed by atoms with E-state index in [-0.39, 0.29) is 12.5 Å². The summed E-state index contributed by atoms with van der Waals surface area (Å²) in [7, 11) is 0. The van der Waals surface area contributed by atoms with Crippen molar-refractivity contribution in [1.82, 2.24) is 4.90 Å². The number of aliphatic hydroxyl groups is 2. The van der Waals surface area contributed by atoms with Crippen molar-refractivity contribution in [3.05, 3.63) is 0 Å². The first-order chi connectivity index (χ1) is 6.58. The molecule has 14 heavy (non-hydrogen) atoms. The minimum atomic E-state index is -0.977. The highest BCUT2D eigenvalue weighted by Crippen LogP contribution is 2.10. The molecule has 3 N–H and O–H groups in total. The van der Waals surface area contributed by atoms with Crippen molar-refractivity contribution < 1.29 is 20.1 Å². The van der Waals surface area contributed by atoms with Gasteiger partial charge >= 0.3 is 5.97 Å². The van der Waals surface area contributed by atoms with Gasteiger partial charge in [-0.1, -0.05) is 0 Å². The van der Waals surface area contributed by atoms with Crippen molar-refractivity contribution >= 4 is 5.97 Å². The van der Waals surface area contributed by atoms with Crippen molar-refractivity contribution in [2.24, 2.45) is 0 Å². The zero-order valence-electron chi connectivity index (χ0n) is 8.09. The van der Waals surface area contributed by atoms with Crippen LogP contribution in [0.1, 0.15) is 19.3 Å². The maximum Gasteiger partial charge on any atom is 0.306 e. The van der Waals surface area contributed by atoms with Gasteiger partial charge in [0.25, 0.3) is 0 Å². The smallest absolute Gasteiger partial charge is 0.306 e. The van der Waals surface area contributed by atoms with Gasteiger partial charge in [-0.3, -0.25) is 4.79 Å². The fourth-order valence-electron chi connectivity index (χ4n) is 1.67. The number of nitrogens with zero attached hydrogens (tertiary/aromatic N) is 1. The Bertz CT molecular complexity index is 189. The Kier molecular flexibility index (Phi) is 4.31. The van der Waals surface area contributed by atoms with Crippen LogP contribution < -0.4 is 0 Å². The second-order valence-corrected chi connectivity index (χ2v) is 3.78. The quantitative estimate of drug-likeness (QED) is 0.561. The molecule has 1 aliphatic rings. The minimum Gasteiger partial charge on any atom is -0.481 e. The lowest BCUT2D eigenvalue weighted by atomic mass is 10.1. The van der Waals surface area contributed by atoms with Gasteiger partial charge in [0.15, 0.2) is 0 Å². The molecule has 82 valence electrons. The van der Waals surface area contributed by atoms with Crippen molar-refractivity contribution in [3.8, 4) is 0 Å². The van der Waals surface area contributed by atoms with Crippen LogP contribution in [0.25, 0.3) is 0 Å². The highest BCUT2D eigenvalue weighted by Gasteiger charge is 2.20. The summed E-state index contributed by atoms with van der Waals surface area (Å²) < 4.78 is 0. The van der Waals surface area contributed by atoms with E-state index in [0.29, 0.717) is 19.4 Å². The fourth-order valence-corrected chi connectivity index (χ4v) is 1.67. The van der Waals surface area contributed by atoms with E-state index >= 15 is 0 Å². The molecule has 1 rings (SSSR count). The number of carboxylic acid groups (broad SMARTS) is 1. The molecule has 1 saturated heterocycles. The molecule has 1 fully saturated rings. The third-order valence-electron chi connectivity index (χ3n) is 2.44. The predicted octanol–water partition coefficient (Wildman–Crippen LogP) is -0.721. The molecular formula is C9H17NO4. The third kappa shape index (κ3) is 4.04. The highest BCUT2D eigenvalue weighted by atomic mass is 16.4. The number of rotatable bonds is 4. The molecule has 5 heteroatoms. The van der Waals surface area contributed by atoms with E-state index in [0.717, 1.165) is 13.1 Å². The summed E-state index contributed by atoms with van der Waals surface area (Å²) in [5.74, 6) is -0.977. The van der Waals surface area contributed by atoms with Gasteiger partial charge in [0.1, 0.15) is 0 Å². The molecule has 0 aliphatic carbocycles. The second kappa shape index (κ2) is 5.29. The first-order valence-electron chi connectivity index (χ1n) is 4.88. The van der Waals surface area contributed by atoms with Crippen molar-refractivity contribution in [2.75, 3.05) is 19.6 Å². The van der Waals surface area contributed by atoms with E-state index < -0.39 is 12.1 Å². The summed E-state index contributed by atoms with van der Waals surface area (Å²) >= 11 is 0. The van der Waals surface area contributed by atoms with Gasteiger partial charge in [0.2, 0.25) is 0 Å². The first-order valence-corrected chi connectivity index (χ1v) is 4.88. The summed E-state index contributed by atoms with van der Waals surface area (Å²) in [6, 6.07) is 0. The van der Waals surface area contributed by atoms with Crippen LogP contribution in [0.15, 0.2) is 0 Å². The molecule has 0 saturated carbocycles. The van der Waals surface area contributed by atoms with Gasteiger partial charge in [-0.05, 0) is 12.8 Å². The van der Waals surface area contributed by atoms with Crippen molar-refractivity contribution in [2.45, 2.75) is 31.5 Å². The Labute approximate surface area is 83.0 Å². The van der Waals surface area contributed by atoms with Gasteiger partial charge < -0.3 is 20.2 Å². The molecule has 0 aromatic heterocycles. The lowest BCUT2D eigenvalue weighted by Crippen LogP contribution is -2.40. The van der Waals surface area contributed by atoms with Crippen LogP contribution in [0.3, 0.4) is 0 Å². The lowest BCUT2D eigenvalue weighted by Gasteiger charge is -2.30. The molecule has 0 aromatic carbocycles. The number of piperidine rings is 1. The highest BCUT2D eigenvalue weighted by molar-refractivity contribution is 5.67. The van der Waals surface area contributed by atoms with E-state index in [2.05, 4.69) is 0 Å². The van der Waals surface area contributed by atoms with E-state index in [1.807, 2.05) is 4.90 Å². The van der Waals surface area contributed by atoms with Crippen molar-refractivity contribution in [1.29, 1.82) is 0 Å². The van der Waals surface area contributed by atoms with Gasteiger partial charge in [0.05, 0.1) is 18.6 Å². The molecular weight excluding hydrogens is 186 g/mol. The summed E-state index contributed by atoms with van der Waals surface area (Å²) in [4.78, 5) is 12.3. The number of hydrogen-bond donors (Lipinski definition) is 3. The monoisotopic (exact) mass is 203 g/mol. The molecule has 0 radical (unpaired) electrons. The number of hydrogen-bond acceptors (Lipinski definition) is 4. The van der Waals surface area contributed by atoms with Gasteiger partial charge in [0, 0.05) is 19.6 Å². The average molecular weight is 203 g/mol. The molecule has 1 atom stereocenters. The summed E-state index contributed by atoms with van der Waals surface area (Å²) in [6.07, 6.45) is 0.171. The van der Waals surface area contributed by atoms with Crippen LogP contribution in [0.4, 0.5) is 0 Å².